The number of rotatable bonds is 5. The van der Waals surface area contributed by atoms with E-state index in [4.69, 9.17) is 39.5 Å². The molecule has 37 heavy (non-hydrogen) atoms. The van der Waals surface area contributed by atoms with E-state index in [1.165, 1.54) is 6.20 Å². The summed E-state index contributed by atoms with van der Waals surface area (Å²) in [7, 11) is -3.35. The van der Waals surface area contributed by atoms with Crippen molar-refractivity contribution in [1.82, 2.24) is 9.97 Å². The van der Waals surface area contributed by atoms with Crippen molar-refractivity contribution >= 4 is 44.6 Å². The first-order valence-corrected chi connectivity index (χ1v) is 13.1. The molecule has 0 bridgehead atoms. The van der Waals surface area contributed by atoms with Gasteiger partial charge in [0.2, 0.25) is 10.0 Å². The monoisotopic (exact) mass is 550 g/mol. The largest absolute Gasteiger partial charge is 0.397 e. The Hall–Kier alpha value is -4.15. The molecule has 4 aromatic rings. The molecular formula is C26H20Cl2N6O2S. The second-order valence-electron chi connectivity index (χ2n) is 7.59. The Balaban J connectivity index is 0.000000213. The summed E-state index contributed by atoms with van der Waals surface area (Å²) in [5.74, 6) is -0.0140. The summed E-state index contributed by atoms with van der Waals surface area (Å²) >= 11 is 11.9. The Morgan fingerprint density at radius 1 is 0.811 bits per heavy atom. The second kappa shape index (κ2) is 12.2. The molecule has 2 aromatic heterocycles. The van der Waals surface area contributed by atoms with Crippen LogP contribution in [0, 0.1) is 22.7 Å². The third-order valence-corrected chi connectivity index (χ3v) is 6.93. The molecule has 8 nitrogen and oxygen atoms in total. The van der Waals surface area contributed by atoms with Crippen molar-refractivity contribution < 1.29 is 8.42 Å². The number of pyridine rings is 2. The van der Waals surface area contributed by atoms with E-state index >= 15 is 0 Å². The highest BCUT2D eigenvalue weighted by Crippen LogP contribution is 2.27. The van der Waals surface area contributed by atoms with Crippen molar-refractivity contribution in [2.75, 3.05) is 16.2 Å². The number of anilines is 2. The highest BCUT2D eigenvalue weighted by Gasteiger charge is 2.09. The van der Waals surface area contributed by atoms with Gasteiger partial charge in [-0.25, -0.2) is 8.42 Å². The summed E-state index contributed by atoms with van der Waals surface area (Å²) in [6.07, 6.45) is 6.31. The first kappa shape index (κ1) is 27.4. The third-order valence-electron chi connectivity index (χ3n) is 5.00. The minimum atomic E-state index is -3.35. The van der Waals surface area contributed by atoms with E-state index in [-0.39, 0.29) is 5.75 Å². The maximum Gasteiger partial charge on any atom is 0.232 e. The number of aromatic nitrogens is 2. The highest BCUT2D eigenvalue weighted by molar-refractivity contribution is 7.92. The molecule has 0 saturated heterocycles. The van der Waals surface area contributed by atoms with Gasteiger partial charge >= 0.3 is 0 Å². The van der Waals surface area contributed by atoms with Gasteiger partial charge in [0.15, 0.2) is 0 Å². The van der Waals surface area contributed by atoms with Crippen LogP contribution >= 0.6 is 23.2 Å². The molecule has 2 heterocycles. The Labute approximate surface area is 225 Å². The highest BCUT2D eigenvalue weighted by atomic mass is 35.5. The molecule has 0 atom stereocenters. The van der Waals surface area contributed by atoms with Crippen molar-refractivity contribution in [2.24, 2.45) is 0 Å². The van der Waals surface area contributed by atoms with Crippen molar-refractivity contribution in [3.63, 3.8) is 0 Å². The Morgan fingerprint density at radius 2 is 1.32 bits per heavy atom. The molecule has 0 aliphatic heterocycles. The summed E-state index contributed by atoms with van der Waals surface area (Å²) < 4.78 is 25.6. The molecule has 0 saturated carbocycles. The molecule has 0 unspecified atom stereocenters. The number of nitrogens with zero attached hydrogens (tertiary/aromatic N) is 4. The number of hydrogen-bond donors (Lipinski definition) is 2. The van der Waals surface area contributed by atoms with Crippen LogP contribution < -0.4 is 10.5 Å². The van der Waals surface area contributed by atoms with Crippen LogP contribution in [0.1, 0.15) is 18.1 Å². The van der Waals surface area contributed by atoms with E-state index in [2.05, 4.69) is 14.7 Å². The van der Waals surface area contributed by atoms with E-state index in [1.54, 1.807) is 61.9 Å². The van der Waals surface area contributed by atoms with Gasteiger partial charge in [-0.3, -0.25) is 14.7 Å². The van der Waals surface area contributed by atoms with E-state index in [9.17, 15) is 8.42 Å². The Bertz CT molecular complexity index is 1630. The van der Waals surface area contributed by atoms with Gasteiger partial charge in [0.05, 0.1) is 44.5 Å². The number of sulfonamides is 1. The average Bonchev–Trinajstić information content (AvgIpc) is 2.89. The number of nitriles is 2. The Kier molecular flexibility index (Phi) is 9.05. The predicted molar refractivity (Wildman–Crippen MR) is 146 cm³/mol. The minimum absolute atomic E-state index is 0.0140. The van der Waals surface area contributed by atoms with Gasteiger partial charge in [0.25, 0.3) is 0 Å². The topological polar surface area (TPSA) is 146 Å². The average molecular weight is 551 g/mol. The lowest BCUT2D eigenvalue weighted by molar-refractivity contribution is 0.602. The zero-order chi connectivity index (χ0) is 27.0. The van der Waals surface area contributed by atoms with Crippen molar-refractivity contribution in [1.29, 1.82) is 10.5 Å². The van der Waals surface area contributed by atoms with Gasteiger partial charge < -0.3 is 5.73 Å². The second-order valence-corrected chi connectivity index (χ2v) is 10.4. The molecule has 0 aliphatic carbocycles. The fourth-order valence-corrected chi connectivity index (χ4v) is 4.15. The minimum Gasteiger partial charge on any atom is -0.397 e. The van der Waals surface area contributed by atoms with Crippen LogP contribution in [0.2, 0.25) is 10.0 Å². The standard InChI is InChI=1S/C14H12ClN3O2S.C12H8ClN3/c1-2-21(19,20)18-13-5-12(8-17-9-13)10-3-4-11(7-16)14(15)6-10;13-12-4-8(1-2-9(12)5-14)10-3-11(15)7-16-6-10/h3-6,8-9,18H,2H2,1H3;1-4,6-7H,15H2. The zero-order valence-corrected chi connectivity index (χ0v) is 21.8. The van der Waals surface area contributed by atoms with Gasteiger partial charge in [-0.2, -0.15) is 10.5 Å². The van der Waals surface area contributed by atoms with Crippen molar-refractivity contribution in [3.05, 3.63) is 94.5 Å². The van der Waals surface area contributed by atoms with Gasteiger partial charge in [-0.05, 0) is 54.4 Å². The summed E-state index contributed by atoms with van der Waals surface area (Å²) in [6.45, 7) is 1.56. The van der Waals surface area contributed by atoms with E-state index in [0.717, 1.165) is 16.7 Å². The molecule has 4 rings (SSSR count). The van der Waals surface area contributed by atoms with Gasteiger partial charge in [0, 0.05) is 29.7 Å². The summed E-state index contributed by atoms with van der Waals surface area (Å²) in [5, 5.41) is 18.4. The number of nitrogens with one attached hydrogen (secondary N) is 1. The van der Waals surface area contributed by atoms with Crippen LogP contribution in [0.15, 0.2) is 73.3 Å². The van der Waals surface area contributed by atoms with E-state index in [0.29, 0.717) is 38.1 Å². The number of nitrogen functional groups attached to an aromatic ring is 1. The van der Waals surface area contributed by atoms with E-state index < -0.39 is 10.0 Å². The SMILES string of the molecule is CCS(=O)(=O)Nc1cncc(-c2ccc(C#N)c(Cl)c2)c1.N#Cc1ccc(-c2cncc(N)c2)cc1Cl. The molecule has 2 aromatic carbocycles. The quantitative estimate of drug-likeness (QED) is 0.314. The summed E-state index contributed by atoms with van der Waals surface area (Å²) in [6, 6.07) is 17.7. The number of hydrogen-bond acceptors (Lipinski definition) is 7. The van der Waals surface area contributed by atoms with Crippen LogP contribution in [0.4, 0.5) is 11.4 Å². The maximum absolute atomic E-state index is 11.6. The summed E-state index contributed by atoms with van der Waals surface area (Å²) in [4.78, 5) is 8.02. The van der Waals surface area contributed by atoms with Crippen LogP contribution in [-0.2, 0) is 10.0 Å². The molecule has 0 aliphatic rings. The van der Waals surface area contributed by atoms with Crippen molar-refractivity contribution in [3.8, 4) is 34.4 Å². The van der Waals surface area contributed by atoms with Crippen LogP contribution in [-0.4, -0.2) is 24.1 Å². The third kappa shape index (κ3) is 7.42. The number of benzene rings is 2. The van der Waals surface area contributed by atoms with Gasteiger partial charge in [-0.15, -0.1) is 0 Å². The molecule has 3 N–H and O–H groups in total. The molecule has 186 valence electrons. The van der Waals surface area contributed by atoms with Gasteiger partial charge in [-0.1, -0.05) is 35.3 Å². The smallest absolute Gasteiger partial charge is 0.232 e. The van der Waals surface area contributed by atoms with Crippen LogP contribution in [0.3, 0.4) is 0 Å². The predicted octanol–water partition coefficient (Wildman–Crippen LogP) is 5.89. The van der Waals surface area contributed by atoms with Crippen molar-refractivity contribution in [2.45, 2.75) is 6.92 Å². The number of halogens is 2. The Morgan fingerprint density at radius 3 is 1.78 bits per heavy atom. The maximum atomic E-state index is 11.6. The fraction of sp³-hybridized carbons (Fsp3) is 0.0769. The van der Waals surface area contributed by atoms with Crippen LogP contribution in [0.5, 0.6) is 0 Å². The zero-order valence-electron chi connectivity index (χ0n) is 19.5. The molecule has 0 radical (unpaired) electrons. The number of nitrogens with two attached hydrogens (primary N) is 1. The first-order valence-electron chi connectivity index (χ1n) is 10.7. The lowest BCUT2D eigenvalue weighted by atomic mass is 10.1. The lowest BCUT2D eigenvalue weighted by Crippen LogP contribution is -2.14. The normalized spacial score (nSPS) is 10.4. The first-order chi connectivity index (χ1) is 17.7. The summed E-state index contributed by atoms with van der Waals surface area (Å²) in [5.41, 5.74) is 10.7. The molecule has 0 spiro atoms. The van der Waals surface area contributed by atoms with Gasteiger partial charge in [0.1, 0.15) is 12.1 Å². The molecule has 0 fully saturated rings. The molecule has 0 amide bonds. The fourth-order valence-electron chi connectivity index (χ4n) is 3.09. The molecule has 11 heteroatoms. The lowest BCUT2D eigenvalue weighted by Gasteiger charge is -2.08. The molecular weight excluding hydrogens is 531 g/mol. The van der Waals surface area contributed by atoms with Crippen LogP contribution in [0.25, 0.3) is 22.3 Å². The van der Waals surface area contributed by atoms with E-state index in [1.807, 2.05) is 24.3 Å².